The van der Waals surface area contributed by atoms with Crippen molar-refractivity contribution in [2.75, 3.05) is 26.2 Å². The molecule has 1 spiro atoms. The number of carbonyl (C=O) groups is 1. The van der Waals surface area contributed by atoms with Gasteiger partial charge >= 0.3 is 0 Å². The molecule has 6 rings (SSSR count). The Balaban J connectivity index is 1.01. The minimum atomic E-state index is -1.52. The smallest absolute Gasteiger partial charge is 0.260 e. The first-order chi connectivity index (χ1) is 16.4. The predicted octanol–water partition coefficient (Wildman–Crippen LogP) is 4.02. The summed E-state index contributed by atoms with van der Waals surface area (Å²) < 4.78 is 25.6. The topological polar surface area (TPSA) is 71.7 Å². The van der Waals surface area contributed by atoms with E-state index in [1.807, 2.05) is 12.1 Å². The number of amides is 1. The third-order valence-electron chi connectivity index (χ3n) is 8.41. The third kappa shape index (κ3) is 4.10. The molecule has 2 aliphatic carbocycles. The molecular formula is C26H33FN4O3. The summed E-state index contributed by atoms with van der Waals surface area (Å²) in [5.74, 6) is 2.16. The molecule has 3 heterocycles. The van der Waals surface area contributed by atoms with Gasteiger partial charge in [-0.1, -0.05) is 18.2 Å². The van der Waals surface area contributed by atoms with Gasteiger partial charge in [0.1, 0.15) is 5.75 Å². The van der Waals surface area contributed by atoms with Crippen molar-refractivity contribution in [3.8, 4) is 5.75 Å². The van der Waals surface area contributed by atoms with Crippen LogP contribution in [0.2, 0.25) is 0 Å². The van der Waals surface area contributed by atoms with Crippen LogP contribution in [0.1, 0.15) is 68.2 Å². The molecule has 1 amide bonds. The number of alkyl halides is 1. The van der Waals surface area contributed by atoms with Crippen LogP contribution >= 0.6 is 0 Å². The number of piperidine rings is 1. The van der Waals surface area contributed by atoms with Crippen molar-refractivity contribution in [1.29, 1.82) is 0 Å². The van der Waals surface area contributed by atoms with E-state index in [0.29, 0.717) is 36.6 Å². The van der Waals surface area contributed by atoms with E-state index in [9.17, 15) is 9.18 Å². The second-order valence-corrected chi connectivity index (χ2v) is 10.9. The normalized spacial score (nSPS) is 25.9. The van der Waals surface area contributed by atoms with Gasteiger partial charge in [0.2, 0.25) is 5.89 Å². The van der Waals surface area contributed by atoms with Gasteiger partial charge in [0.05, 0.1) is 0 Å². The Morgan fingerprint density at radius 1 is 1.15 bits per heavy atom. The highest BCUT2D eigenvalue weighted by molar-refractivity contribution is 5.88. The van der Waals surface area contributed by atoms with Crippen LogP contribution in [0.4, 0.5) is 4.39 Å². The Morgan fingerprint density at radius 2 is 1.91 bits per heavy atom. The molecule has 1 aromatic heterocycles. The fraction of sp³-hybridized carbons (Fsp3) is 0.654. The van der Waals surface area contributed by atoms with Gasteiger partial charge in [-0.25, -0.2) is 4.39 Å². The summed E-state index contributed by atoms with van der Waals surface area (Å²) in [5.41, 5.74) is -0.0310. The van der Waals surface area contributed by atoms with E-state index in [4.69, 9.17) is 9.15 Å². The number of ether oxygens (including phenoxy) is 1. The van der Waals surface area contributed by atoms with E-state index >= 15 is 0 Å². The first kappa shape index (κ1) is 22.0. The van der Waals surface area contributed by atoms with Gasteiger partial charge in [-0.15, -0.1) is 10.2 Å². The van der Waals surface area contributed by atoms with Crippen molar-refractivity contribution in [2.24, 2.45) is 5.41 Å². The van der Waals surface area contributed by atoms with Gasteiger partial charge in [0.15, 0.2) is 12.3 Å². The number of nitrogens with zero attached hydrogens (tertiary/aromatic N) is 4. The van der Waals surface area contributed by atoms with Crippen LogP contribution in [0.5, 0.6) is 5.75 Å². The molecule has 1 atom stereocenters. The Labute approximate surface area is 199 Å². The van der Waals surface area contributed by atoms with Gasteiger partial charge in [0, 0.05) is 31.5 Å². The standard InChI is InChI=1S/C26H33FN4O3/c1-18-28-29-23(34-18)15-33-22-5-3-2-4-21(22)19-7-12-30(13-8-19)20-6-9-25(14-20)16-31(17-25)24(32)26(27)10-11-26/h2-5,19-20H,6-17H2,1H3. The summed E-state index contributed by atoms with van der Waals surface area (Å²) in [6, 6.07) is 8.88. The molecule has 8 heteroatoms. The number of aromatic nitrogens is 2. The average molecular weight is 469 g/mol. The Kier molecular flexibility index (Phi) is 5.39. The summed E-state index contributed by atoms with van der Waals surface area (Å²) in [5, 5.41) is 7.89. The molecule has 2 saturated heterocycles. The molecule has 7 nitrogen and oxygen atoms in total. The van der Waals surface area contributed by atoms with Gasteiger partial charge in [-0.3, -0.25) is 4.79 Å². The Hall–Kier alpha value is -2.48. The SMILES string of the molecule is Cc1nnc(COc2ccccc2C2CCN(C3CCC4(C3)CN(C(=O)C3(F)CC3)C4)CC2)o1. The number of hydrogen-bond donors (Lipinski definition) is 0. The van der Waals surface area contributed by atoms with Gasteiger partial charge in [-0.2, -0.15) is 0 Å². The quantitative estimate of drug-likeness (QED) is 0.638. The molecule has 2 saturated carbocycles. The summed E-state index contributed by atoms with van der Waals surface area (Å²) in [4.78, 5) is 16.7. The number of hydrogen-bond acceptors (Lipinski definition) is 6. The second-order valence-electron chi connectivity index (χ2n) is 10.9. The molecule has 1 unspecified atom stereocenters. The zero-order valence-electron chi connectivity index (χ0n) is 19.8. The zero-order chi connectivity index (χ0) is 23.3. The maximum atomic E-state index is 14.1. The first-order valence-corrected chi connectivity index (χ1v) is 12.7. The zero-order valence-corrected chi connectivity index (χ0v) is 19.8. The lowest BCUT2D eigenvalue weighted by Gasteiger charge is -2.49. The molecule has 182 valence electrons. The largest absolute Gasteiger partial charge is 0.484 e. The van der Waals surface area contributed by atoms with Crippen LogP contribution in [0.3, 0.4) is 0 Å². The van der Waals surface area contributed by atoms with E-state index in [0.717, 1.165) is 57.6 Å². The number of halogens is 1. The molecule has 2 aliphatic heterocycles. The Bertz CT molecular complexity index is 1050. The van der Waals surface area contributed by atoms with Gasteiger partial charge in [-0.05, 0) is 75.6 Å². The van der Waals surface area contributed by atoms with Gasteiger partial charge < -0.3 is 19.0 Å². The summed E-state index contributed by atoms with van der Waals surface area (Å²) in [6.07, 6.45) is 6.54. The number of para-hydroxylation sites is 1. The predicted molar refractivity (Wildman–Crippen MR) is 123 cm³/mol. The first-order valence-electron chi connectivity index (χ1n) is 12.7. The van der Waals surface area contributed by atoms with Crippen LogP contribution in [0.15, 0.2) is 28.7 Å². The van der Waals surface area contributed by atoms with E-state index in [-0.39, 0.29) is 17.9 Å². The number of benzene rings is 1. The van der Waals surface area contributed by atoms with Crippen LogP contribution in [-0.4, -0.2) is 63.8 Å². The van der Waals surface area contributed by atoms with Crippen molar-refractivity contribution in [3.63, 3.8) is 0 Å². The van der Waals surface area contributed by atoms with Crippen LogP contribution in [0, 0.1) is 12.3 Å². The molecule has 1 aromatic carbocycles. The van der Waals surface area contributed by atoms with E-state index in [2.05, 4.69) is 27.2 Å². The summed E-state index contributed by atoms with van der Waals surface area (Å²) >= 11 is 0. The minimum absolute atomic E-state index is 0.232. The van der Waals surface area contributed by atoms with Crippen molar-refractivity contribution in [1.82, 2.24) is 20.0 Å². The number of aryl methyl sites for hydroxylation is 1. The Morgan fingerprint density at radius 3 is 2.62 bits per heavy atom. The van der Waals surface area contributed by atoms with Crippen molar-refractivity contribution in [2.45, 2.75) is 76.1 Å². The van der Waals surface area contributed by atoms with Crippen LogP contribution < -0.4 is 4.74 Å². The lowest BCUT2D eigenvalue weighted by Crippen LogP contribution is -2.60. The third-order valence-corrected chi connectivity index (χ3v) is 8.41. The monoisotopic (exact) mass is 468 g/mol. The molecule has 4 fully saturated rings. The molecule has 2 aromatic rings. The second kappa shape index (κ2) is 8.33. The van der Waals surface area contributed by atoms with E-state index < -0.39 is 5.67 Å². The van der Waals surface area contributed by atoms with Crippen LogP contribution in [-0.2, 0) is 11.4 Å². The maximum absolute atomic E-state index is 14.1. The van der Waals surface area contributed by atoms with Crippen molar-refractivity contribution in [3.05, 3.63) is 41.6 Å². The van der Waals surface area contributed by atoms with Gasteiger partial charge in [0.25, 0.3) is 11.8 Å². The van der Waals surface area contributed by atoms with Crippen molar-refractivity contribution < 1.29 is 18.3 Å². The number of rotatable bonds is 6. The molecular weight excluding hydrogens is 435 g/mol. The highest BCUT2D eigenvalue weighted by atomic mass is 19.1. The number of likely N-dealkylation sites (tertiary alicyclic amines) is 2. The fourth-order valence-electron chi connectivity index (χ4n) is 6.35. The number of carbonyl (C=O) groups excluding carboxylic acids is 1. The summed E-state index contributed by atoms with van der Waals surface area (Å²) in [7, 11) is 0. The molecule has 34 heavy (non-hydrogen) atoms. The highest BCUT2D eigenvalue weighted by Gasteiger charge is 2.58. The van der Waals surface area contributed by atoms with Crippen molar-refractivity contribution >= 4 is 5.91 Å². The van der Waals surface area contributed by atoms with Crippen LogP contribution in [0.25, 0.3) is 0 Å². The maximum Gasteiger partial charge on any atom is 0.260 e. The molecule has 0 radical (unpaired) electrons. The lowest BCUT2D eigenvalue weighted by atomic mass is 9.77. The molecule has 4 aliphatic rings. The molecule has 0 N–H and O–H groups in total. The average Bonchev–Trinajstić information content (AvgIpc) is 3.23. The van der Waals surface area contributed by atoms with E-state index in [1.165, 1.54) is 12.0 Å². The molecule has 0 bridgehead atoms. The lowest BCUT2D eigenvalue weighted by molar-refractivity contribution is -0.150. The fourth-order valence-corrected chi connectivity index (χ4v) is 6.35. The minimum Gasteiger partial charge on any atom is -0.484 e. The highest BCUT2D eigenvalue weighted by Crippen LogP contribution is 2.51. The summed E-state index contributed by atoms with van der Waals surface area (Å²) in [6.45, 7) is 5.74. The van der Waals surface area contributed by atoms with E-state index in [1.54, 1.807) is 11.8 Å².